The number of hydrogen-bond donors (Lipinski definition) is 8. The molecular weight excluding hydrogens is 396 g/mol. The van der Waals surface area contributed by atoms with Gasteiger partial charge in [-0.1, -0.05) is 6.08 Å². The zero-order valence-corrected chi connectivity index (χ0v) is 15.7. The van der Waals surface area contributed by atoms with E-state index in [1.54, 1.807) is 0 Å². The van der Waals surface area contributed by atoms with Crippen molar-refractivity contribution in [3.8, 4) is 0 Å². The Morgan fingerprint density at radius 2 is 1.69 bits per heavy atom. The van der Waals surface area contributed by atoms with Gasteiger partial charge in [-0.25, -0.2) is 0 Å². The van der Waals surface area contributed by atoms with Crippen LogP contribution in [0.5, 0.6) is 0 Å². The molecule has 2 heterocycles. The molecule has 0 saturated carbocycles. The third-order valence-electron chi connectivity index (χ3n) is 5.09. The molecule has 0 aromatic rings. The minimum Gasteiger partial charge on any atom is -0.394 e. The molecule has 0 aliphatic carbocycles. The lowest BCUT2D eigenvalue weighted by atomic mass is 9.88. The second-order valence-electron chi connectivity index (χ2n) is 7.15. The van der Waals surface area contributed by atoms with Gasteiger partial charge in [-0.3, -0.25) is 0 Å². The fourth-order valence-electron chi connectivity index (χ4n) is 3.17. The molecule has 0 spiro atoms. The zero-order valence-electron chi connectivity index (χ0n) is 15.7. The first-order valence-electron chi connectivity index (χ1n) is 9.16. The molecule has 12 nitrogen and oxygen atoms in total. The summed E-state index contributed by atoms with van der Waals surface area (Å²) in [5, 5.41) is 79.2. The fourth-order valence-corrected chi connectivity index (χ4v) is 3.17. The number of ether oxygens (including phenoxy) is 4. The Morgan fingerprint density at radius 1 is 1.03 bits per heavy atom. The van der Waals surface area contributed by atoms with Crippen LogP contribution >= 0.6 is 0 Å². The fraction of sp³-hybridized carbons (Fsp3) is 0.882. The monoisotopic (exact) mass is 426 g/mol. The Balaban J connectivity index is 2.14. The van der Waals surface area contributed by atoms with E-state index in [2.05, 4.69) is 6.58 Å². The Hall–Kier alpha value is -0.740. The summed E-state index contributed by atoms with van der Waals surface area (Å²) >= 11 is 0. The van der Waals surface area contributed by atoms with Crippen LogP contribution in [0, 0.1) is 0 Å². The highest BCUT2D eigenvalue weighted by Gasteiger charge is 2.53. The third kappa shape index (κ3) is 5.31. The van der Waals surface area contributed by atoms with Crippen molar-refractivity contribution < 1.29 is 59.8 Å². The summed E-state index contributed by atoms with van der Waals surface area (Å²) in [6, 6.07) is 0. The van der Waals surface area contributed by atoms with Crippen LogP contribution in [0.15, 0.2) is 12.7 Å². The highest BCUT2D eigenvalue weighted by molar-refractivity contribution is 5.00. The van der Waals surface area contributed by atoms with E-state index in [4.69, 9.17) is 24.1 Å². The summed E-state index contributed by atoms with van der Waals surface area (Å²) in [7, 11) is 0. The summed E-state index contributed by atoms with van der Waals surface area (Å²) < 4.78 is 21.4. The number of aliphatic hydroxyl groups is 8. The standard InChI is InChI=1S/C17H30O12/c1-2-8(3-18)26-6-17(25)7-27-10(5-20)14(15(17)24)29-16-13(23)12(22)11(21)9(4-19)28-16/h2,8-16,18-25H,1,3-7H2/t8?,9?,10?,11-,12?,13?,14-,15?,16-,17?/m1/s1. The first-order chi connectivity index (χ1) is 13.7. The second kappa shape index (κ2) is 10.5. The molecule has 0 aromatic heterocycles. The topological polar surface area (TPSA) is 199 Å². The highest BCUT2D eigenvalue weighted by atomic mass is 16.7. The van der Waals surface area contributed by atoms with E-state index in [1.165, 1.54) is 6.08 Å². The normalized spacial score (nSPS) is 44.4. The number of rotatable bonds is 9. The summed E-state index contributed by atoms with van der Waals surface area (Å²) in [5.41, 5.74) is -2.00. The lowest BCUT2D eigenvalue weighted by Crippen LogP contribution is -2.67. The van der Waals surface area contributed by atoms with E-state index in [-0.39, 0.29) is 0 Å². The Labute approximate surface area is 167 Å². The van der Waals surface area contributed by atoms with E-state index in [0.717, 1.165) is 0 Å². The number of aliphatic hydroxyl groups excluding tert-OH is 7. The molecule has 0 radical (unpaired) electrons. The Morgan fingerprint density at radius 3 is 2.24 bits per heavy atom. The van der Waals surface area contributed by atoms with Crippen molar-refractivity contribution in [2.24, 2.45) is 0 Å². The molecule has 170 valence electrons. The van der Waals surface area contributed by atoms with Gasteiger partial charge < -0.3 is 59.8 Å². The van der Waals surface area contributed by atoms with E-state index >= 15 is 0 Å². The van der Waals surface area contributed by atoms with Gasteiger partial charge in [0.05, 0.1) is 39.1 Å². The van der Waals surface area contributed by atoms with Crippen molar-refractivity contribution in [2.45, 2.75) is 60.7 Å². The maximum atomic E-state index is 10.7. The van der Waals surface area contributed by atoms with Gasteiger partial charge in [0.1, 0.15) is 48.3 Å². The van der Waals surface area contributed by atoms with Gasteiger partial charge in [0.2, 0.25) is 0 Å². The zero-order chi connectivity index (χ0) is 21.8. The molecule has 29 heavy (non-hydrogen) atoms. The van der Waals surface area contributed by atoms with E-state index in [9.17, 15) is 35.7 Å². The SMILES string of the molecule is C=CC(CO)OCC1(O)COC(CO)[C@@H](O[C@H]2OC(CO)[C@@H](O)C(O)C2O)C1O. The predicted octanol–water partition coefficient (Wildman–Crippen LogP) is -4.78. The lowest BCUT2D eigenvalue weighted by molar-refractivity contribution is -0.347. The van der Waals surface area contributed by atoms with Gasteiger partial charge >= 0.3 is 0 Å². The largest absolute Gasteiger partial charge is 0.394 e. The van der Waals surface area contributed by atoms with Crippen LogP contribution in [0.1, 0.15) is 0 Å². The smallest absolute Gasteiger partial charge is 0.187 e. The lowest BCUT2D eigenvalue weighted by Gasteiger charge is -2.47. The maximum absolute atomic E-state index is 10.7. The van der Waals surface area contributed by atoms with Crippen LogP contribution < -0.4 is 0 Å². The molecule has 2 rings (SSSR count). The van der Waals surface area contributed by atoms with Crippen LogP contribution in [0.3, 0.4) is 0 Å². The minimum absolute atomic E-state index is 0.402. The van der Waals surface area contributed by atoms with Crippen molar-refractivity contribution in [1.29, 1.82) is 0 Å². The quantitative estimate of drug-likeness (QED) is 0.164. The Bertz CT molecular complexity index is 519. The molecule has 2 fully saturated rings. The maximum Gasteiger partial charge on any atom is 0.187 e. The second-order valence-corrected chi connectivity index (χ2v) is 7.15. The van der Waals surface area contributed by atoms with Gasteiger partial charge in [-0.05, 0) is 0 Å². The van der Waals surface area contributed by atoms with Crippen molar-refractivity contribution in [3.05, 3.63) is 12.7 Å². The van der Waals surface area contributed by atoms with Gasteiger partial charge in [-0.15, -0.1) is 6.58 Å². The molecule has 2 aliphatic rings. The van der Waals surface area contributed by atoms with Gasteiger partial charge in [0.15, 0.2) is 6.29 Å². The molecule has 8 N–H and O–H groups in total. The van der Waals surface area contributed by atoms with Crippen molar-refractivity contribution in [2.75, 3.05) is 33.0 Å². The van der Waals surface area contributed by atoms with E-state index in [1.807, 2.05) is 0 Å². The van der Waals surface area contributed by atoms with Crippen LogP contribution in [-0.4, -0.2) is 135 Å². The first-order valence-corrected chi connectivity index (χ1v) is 9.16. The number of hydrogen-bond acceptors (Lipinski definition) is 12. The average molecular weight is 426 g/mol. The molecule has 0 bridgehead atoms. The first kappa shape index (κ1) is 24.5. The minimum atomic E-state index is -2.00. The predicted molar refractivity (Wildman–Crippen MR) is 93.4 cm³/mol. The van der Waals surface area contributed by atoms with Crippen LogP contribution in [0.25, 0.3) is 0 Å². The summed E-state index contributed by atoms with van der Waals surface area (Å²) in [6.45, 7) is 0.871. The van der Waals surface area contributed by atoms with Crippen molar-refractivity contribution in [3.63, 3.8) is 0 Å². The molecule has 2 aliphatic heterocycles. The van der Waals surface area contributed by atoms with Crippen molar-refractivity contribution in [1.82, 2.24) is 0 Å². The van der Waals surface area contributed by atoms with Gasteiger partial charge in [0, 0.05) is 0 Å². The van der Waals surface area contributed by atoms with Crippen LogP contribution in [0.2, 0.25) is 0 Å². The summed E-state index contributed by atoms with van der Waals surface area (Å²) in [5.74, 6) is 0. The molecule has 12 heteroatoms. The van der Waals surface area contributed by atoms with Crippen molar-refractivity contribution >= 4 is 0 Å². The van der Waals surface area contributed by atoms with Crippen LogP contribution in [0.4, 0.5) is 0 Å². The van der Waals surface area contributed by atoms with Gasteiger partial charge in [-0.2, -0.15) is 0 Å². The molecular formula is C17H30O12. The average Bonchev–Trinajstić information content (AvgIpc) is 2.72. The highest BCUT2D eigenvalue weighted by Crippen LogP contribution is 2.31. The van der Waals surface area contributed by atoms with Gasteiger partial charge in [0.25, 0.3) is 0 Å². The molecule has 2 saturated heterocycles. The molecule has 0 amide bonds. The molecule has 0 aromatic carbocycles. The third-order valence-corrected chi connectivity index (χ3v) is 5.09. The van der Waals surface area contributed by atoms with E-state index < -0.39 is 93.8 Å². The summed E-state index contributed by atoms with van der Waals surface area (Å²) in [4.78, 5) is 0. The van der Waals surface area contributed by atoms with Crippen LogP contribution in [-0.2, 0) is 18.9 Å². The van der Waals surface area contributed by atoms with E-state index in [0.29, 0.717) is 0 Å². The Kier molecular flexibility index (Phi) is 8.90. The summed E-state index contributed by atoms with van der Waals surface area (Å²) in [6.07, 6.45) is -11.6. The molecule has 10 atom stereocenters. The molecule has 7 unspecified atom stereocenters.